The Morgan fingerprint density at radius 2 is 0.369 bits per heavy atom. The minimum atomic E-state index is -0.254. The number of rotatable bonds is 2. The lowest BCUT2D eigenvalue weighted by Crippen LogP contribution is -2.28. The minimum Gasteiger partial charge on any atom is -0.0622 e. The van der Waals surface area contributed by atoms with E-state index < -0.39 is 0 Å². The van der Waals surface area contributed by atoms with Crippen LogP contribution in [0, 0.1) is 0 Å². The summed E-state index contributed by atoms with van der Waals surface area (Å²) < 4.78 is 0. The molecule has 65 heavy (non-hydrogen) atoms. The quantitative estimate of drug-likeness (QED) is 0.163. The summed E-state index contributed by atoms with van der Waals surface area (Å²) >= 11 is 0. The summed E-state index contributed by atoms with van der Waals surface area (Å²) in [6, 6.07) is 92.6. The van der Waals surface area contributed by atoms with E-state index in [1.807, 2.05) is 0 Å². The molecule has 4 aliphatic rings. The lowest BCUT2D eigenvalue weighted by atomic mass is 9.68. The molecule has 308 valence electrons. The average Bonchev–Trinajstić information content (AvgIpc) is 4.04. The topological polar surface area (TPSA) is 0 Å². The molecule has 0 atom stereocenters. The Hall–Kier alpha value is -7.80. The molecule has 0 amide bonds. The van der Waals surface area contributed by atoms with Crippen LogP contribution in [-0.2, 0) is 16.2 Å². The molecule has 0 nitrogen and oxygen atoms in total. The molecule has 0 saturated carbocycles. The molecular formula is C65H48. The summed E-state index contributed by atoms with van der Waals surface area (Å²) in [6.07, 6.45) is 0. The van der Waals surface area contributed by atoms with Gasteiger partial charge in [0.25, 0.3) is 0 Å². The van der Waals surface area contributed by atoms with Crippen molar-refractivity contribution in [2.75, 3.05) is 0 Å². The molecule has 14 rings (SSSR count). The zero-order valence-electron chi connectivity index (χ0n) is 36.7. The summed E-state index contributed by atoms with van der Waals surface area (Å²) in [4.78, 5) is 0. The predicted octanol–water partition coefficient (Wildman–Crippen LogP) is 16.1. The Morgan fingerprint density at radius 1 is 0.185 bits per heavy atom. The first-order chi connectivity index (χ1) is 32.1. The average molecular weight is 829 g/mol. The molecule has 10 aromatic carbocycles. The first-order valence-corrected chi connectivity index (χ1v) is 22.9. The second-order valence-corrected chi connectivity index (χ2v) is 18.2. The second kappa shape index (κ2) is 15.2. The molecule has 0 heteroatoms. The van der Waals surface area contributed by atoms with Crippen LogP contribution < -0.4 is 0 Å². The minimum absolute atomic E-state index is 0.160. The van der Waals surface area contributed by atoms with E-state index in [9.17, 15) is 0 Å². The SMILES string of the molecule is CC1(C)c2ccccc2-c2ccccc21.c1ccc(C2(c3ccccc3)c3ccccc3-c3ccccc32)cc1.c1ccc2c(c1)-c1ccccc1C21c2ccccc2-c2ccccc21. The predicted molar refractivity (Wildman–Crippen MR) is 270 cm³/mol. The standard InChI is InChI=1S/C25H16.C25H18.C15H14/c1-5-13-21-17(9-1)18-10-2-6-14-22(18)25(21)23-15-7-3-11-19(23)20-12-4-8-16-24(20)25;1-3-11-19(12-4-1)25(20-13-5-2-6-14-20)23-17-9-7-15-21(23)22-16-8-10-18-24(22)25;1-15(2)13-9-5-3-7-11(13)12-8-4-6-10-14(12)15/h1-16H;1-18H;3-10H,1-2H3. The lowest BCUT2D eigenvalue weighted by Gasteiger charge is -2.33. The van der Waals surface area contributed by atoms with E-state index in [1.54, 1.807) is 0 Å². The highest BCUT2D eigenvalue weighted by Crippen LogP contribution is 2.62. The molecule has 0 saturated heterocycles. The molecule has 0 aliphatic heterocycles. The monoisotopic (exact) mass is 828 g/mol. The van der Waals surface area contributed by atoms with Crippen LogP contribution in [0.4, 0.5) is 0 Å². The highest BCUT2D eigenvalue weighted by atomic mass is 14.5. The number of hydrogen-bond acceptors (Lipinski definition) is 0. The van der Waals surface area contributed by atoms with Crippen molar-refractivity contribution in [3.8, 4) is 44.5 Å². The summed E-state index contributed by atoms with van der Waals surface area (Å²) in [5, 5.41) is 0. The van der Waals surface area contributed by atoms with Crippen LogP contribution in [0.3, 0.4) is 0 Å². The van der Waals surface area contributed by atoms with Gasteiger partial charge in [0.2, 0.25) is 0 Å². The van der Waals surface area contributed by atoms with Crippen molar-refractivity contribution in [2.45, 2.75) is 30.1 Å². The van der Waals surface area contributed by atoms with E-state index >= 15 is 0 Å². The molecule has 0 unspecified atom stereocenters. The van der Waals surface area contributed by atoms with E-state index in [2.05, 4.69) is 269 Å². The van der Waals surface area contributed by atoms with Gasteiger partial charge in [-0.3, -0.25) is 0 Å². The fraction of sp³-hybridized carbons (Fsp3) is 0.0769. The molecule has 0 heterocycles. The molecule has 4 aliphatic carbocycles. The van der Waals surface area contributed by atoms with E-state index in [4.69, 9.17) is 0 Å². The maximum absolute atomic E-state index is 2.31. The number of fused-ring (bicyclic) bond motifs is 16. The maximum atomic E-state index is 2.31. The van der Waals surface area contributed by atoms with Gasteiger partial charge in [-0.25, -0.2) is 0 Å². The Balaban J connectivity index is 0.000000106. The van der Waals surface area contributed by atoms with E-state index in [0.29, 0.717) is 0 Å². The zero-order valence-corrected chi connectivity index (χ0v) is 36.7. The van der Waals surface area contributed by atoms with E-state index in [1.165, 1.54) is 100 Å². The largest absolute Gasteiger partial charge is 0.0725 e. The van der Waals surface area contributed by atoms with Crippen LogP contribution >= 0.6 is 0 Å². The summed E-state index contributed by atoms with van der Waals surface area (Å²) in [7, 11) is 0. The third kappa shape index (κ3) is 5.57. The van der Waals surface area contributed by atoms with Gasteiger partial charge in [-0.2, -0.15) is 0 Å². The normalized spacial score (nSPS) is 14.7. The molecule has 1 spiro atoms. The second-order valence-electron chi connectivity index (χ2n) is 18.2. The van der Waals surface area contributed by atoms with Gasteiger partial charge < -0.3 is 0 Å². The summed E-state index contributed by atoms with van der Waals surface area (Å²) in [6.45, 7) is 4.61. The zero-order chi connectivity index (χ0) is 43.6. The Kier molecular flexibility index (Phi) is 9.07. The van der Waals surface area contributed by atoms with Crippen molar-refractivity contribution in [1.29, 1.82) is 0 Å². The van der Waals surface area contributed by atoms with Gasteiger partial charge in [0.15, 0.2) is 0 Å². The van der Waals surface area contributed by atoms with Gasteiger partial charge in [0.1, 0.15) is 0 Å². The van der Waals surface area contributed by atoms with Crippen molar-refractivity contribution in [1.82, 2.24) is 0 Å². The van der Waals surface area contributed by atoms with Crippen molar-refractivity contribution in [3.63, 3.8) is 0 Å². The summed E-state index contributed by atoms with van der Waals surface area (Å²) in [5.74, 6) is 0. The molecule has 10 aromatic rings. The van der Waals surface area contributed by atoms with Gasteiger partial charge in [0, 0.05) is 5.41 Å². The summed E-state index contributed by atoms with van der Waals surface area (Å²) in [5.41, 5.74) is 24.6. The first-order valence-electron chi connectivity index (χ1n) is 22.9. The van der Waals surface area contributed by atoms with Crippen LogP contribution in [-0.4, -0.2) is 0 Å². The van der Waals surface area contributed by atoms with Crippen LogP contribution in [0.2, 0.25) is 0 Å². The first kappa shape index (κ1) is 38.8. The fourth-order valence-corrected chi connectivity index (χ4v) is 12.1. The van der Waals surface area contributed by atoms with Crippen molar-refractivity contribution in [2.24, 2.45) is 0 Å². The Morgan fingerprint density at radius 3 is 0.631 bits per heavy atom. The highest BCUT2D eigenvalue weighted by Gasteiger charge is 2.51. The van der Waals surface area contributed by atoms with Gasteiger partial charge in [-0.15, -0.1) is 0 Å². The smallest absolute Gasteiger partial charge is 0.0622 e. The molecule has 0 N–H and O–H groups in total. The Labute approximate surface area is 383 Å². The molecule has 0 radical (unpaired) electrons. The van der Waals surface area contributed by atoms with Crippen LogP contribution in [0.15, 0.2) is 255 Å². The van der Waals surface area contributed by atoms with Gasteiger partial charge >= 0.3 is 0 Å². The van der Waals surface area contributed by atoms with Crippen LogP contribution in [0.5, 0.6) is 0 Å². The van der Waals surface area contributed by atoms with E-state index in [-0.39, 0.29) is 16.2 Å². The molecular weight excluding hydrogens is 781 g/mol. The third-order valence-electron chi connectivity index (χ3n) is 14.8. The third-order valence-corrected chi connectivity index (χ3v) is 14.8. The van der Waals surface area contributed by atoms with Gasteiger partial charge in [-0.05, 0) is 100 Å². The number of benzene rings is 10. The maximum Gasteiger partial charge on any atom is 0.0725 e. The van der Waals surface area contributed by atoms with E-state index in [0.717, 1.165) is 0 Å². The van der Waals surface area contributed by atoms with Crippen molar-refractivity contribution in [3.05, 3.63) is 310 Å². The van der Waals surface area contributed by atoms with Crippen LogP contribution in [0.1, 0.15) is 69.5 Å². The van der Waals surface area contributed by atoms with Gasteiger partial charge in [0.05, 0.1) is 10.8 Å². The molecule has 0 aromatic heterocycles. The van der Waals surface area contributed by atoms with Crippen molar-refractivity contribution >= 4 is 0 Å². The van der Waals surface area contributed by atoms with Crippen molar-refractivity contribution < 1.29 is 0 Å². The fourth-order valence-electron chi connectivity index (χ4n) is 12.1. The van der Waals surface area contributed by atoms with Crippen LogP contribution in [0.25, 0.3) is 44.5 Å². The highest BCUT2D eigenvalue weighted by molar-refractivity contribution is 5.95. The molecule has 0 bridgehead atoms. The number of hydrogen-bond donors (Lipinski definition) is 0. The van der Waals surface area contributed by atoms with Gasteiger partial charge in [-0.1, -0.05) is 269 Å². The molecule has 0 fully saturated rings. The lowest BCUT2D eigenvalue weighted by molar-refractivity contribution is 0.660. The Bertz CT molecular complexity index is 2960.